The molecule has 102 valence electrons. The summed E-state index contributed by atoms with van der Waals surface area (Å²) in [5.74, 6) is 0.397. The lowest BCUT2D eigenvalue weighted by molar-refractivity contribution is 0.0544. The molecule has 0 fully saturated rings. The molecule has 1 heterocycles. The Labute approximate surface area is 125 Å². The zero-order valence-electron chi connectivity index (χ0n) is 11.0. The van der Waals surface area contributed by atoms with E-state index in [-0.39, 0.29) is 0 Å². The van der Waals surface area contributed by atoms with Crippen molar-refractivity contribution >= 4 is 44.5 Å². The molecule has 3 nitrogen and oxygen atoms in total. The van der Waals surface area contributed by atoms with Gasteiger partial charge in [-0.15, -0.1) is 11.6 Å². The van der Waals surface area contributed by atoms with E-state index in [1.165, 1.54) is 4.57 Å². The molecule has 0 saturated carbocycles. The number of hydrogen-bond donors (Lipinski definition) is 0. The Morgan fingerprint density at radius 3 is 2.68 bits per heavy atom. The molecule has 0 unspecified atom stereocenters. The standard InChI is InChI=1S/C14H15BrClNO2/c1-14(2,3)19-13(18)17-8-10(15)12-9(7-16)5-4-6-11(12)17/h4-6,8H,7H2,1-3H3. The van der Waals surface area contributed by atoms with Crippen LogP contribution in [0, 0.1) is 0 Å². The minimum Gasteiger partial charge on any atom is -0.443 e. The molecule has 2 rings (SSSR count). The predicted octanol–water partition coefficient (Wildman–Crippen LogP) is 4.93. The first-order valence-electron chi connectivity index (χ1n) is 5.91. The predicted molar refractivity (Wildman–Crippen MR) is 80.8 cm³/mol. The largest absolute Gasteiger partial charge is 0.443 e. The SMILES string of the molecule is CC(C)(C)OC(=O)n1cc(Br)c2c(CCl)cccc21. The maximum absolute atomic E-state index is 12.2. The monoisotopic (exact) mass is 343 g/mol. The molecule has 0 spiro atoms. The Kier molecular flexibility index (Phi) is 3.92. The van der Waals surface area contributed by atoms with E-state index in [0.717, 1.165) is 20.9 Å². The van der Waals surface area contributed by atoms with Crippen molar-refractivity contribution in [2.45, 2.75) is 32.3 Å². The first-order valence-corrected chi connectivity index (χ1v) is 7.24. The molecule has 0 N–H and O–H groups in total. The van der Waals surface area contributed by atoms with Gasteiger partial charge in [0.05, 0.1) is 5.52 Å². The molecule has 0 aliphatic rings. The first-order chi connectivity index (χ1) is 8.83. The van der Waals surface area contributed by atoms with Crippen molar-refractivity contribution < 1.29 is 9.53 Å². The van der Waals surface area contributed by atoms with Crippen molar-refractivity contribution in [2.75, 3.05) is 0 Å². The normalized spacial score (nSPS) is 11.8. The fraction of sp³-hybridized carbons (Fsp3) is 0.357. The molecule has 2 aromatic rings. The van der Waals surface area contributed by atoms with Crippen LogP contribution in [0.25, 0.3) is 10.9 Å². The molecule has 0 aliphatic heterocycles. The van der Waals surface area contributed by atoms with E-state index in [1.54, 1.807) is 6.20 Å². The average Bonchev–Trinajstić information content (AvgIpc) is 2.65. The van der Waals surface area contributed by atoms with Crippen molar-refractivity contribution in [1.82, 2.24) is 4.57 Å². The molecular weight excluding hydrogens is 330 g/mol. The van der Waals surface area contributed by atoms with Crippen molar-refractivity contribution in [2.24, 2.45) is 0 Å². The van der Waals surface area contributed by atoms with Gasteiger partial charge in [-0.1, -0.05) is 12.1 Å². The molecule has 0 atom stereocenters. The number of carbonyl (C=O) groups is 1. The van der Waals surface area contributed by atoms with E-state index in [4.69, 9.17) is 16.3 Å². The van der Waals surface area contributed by atoms with E-state index in [2.05, 4.69) is 15.9 Å². The fourth-order valence-electron chi connectivity index (χ4n) is 1.88. The highest BCUT2D eigenvalue weighted by Gasteiger charge is 2.21. The van der Waals surface area contributed by atoms with Gasteiger partial charge in [0.25, 0.3) is 0 Å². The van der Waals surface area contributed by atoms with Crippen LogP contribution in [0.3, 0.4) is 0 Å². The van der Waals surface area contributed by atoms with Crippen LogP contribution >= 0.6 is 27.5 Å². The molecule has 0 bridgehead atoms. The van der Waals surface area contributed by atoms with Gasteiger partial charge in [-0.25, -0.2) is 4.79 Å². The van der Waals surface area contributed by atoms with Crippen molar-refractivity contribution in [1.29, 1.82) is 0 Å². The number of ether oxygens (including phenoxy) is 1. The van der Waals surface area contributed by atoms with Gasteiger partial charge in [-0.2, -0.15) is 0 Å². The summed E-state index contributed by atoms with van der Waals surface area (Å²) in [6.45, 7) is 5.53. The fourth-order valence-corrected chi connectivity index (χ4v) is 2.77. The van der Waals surface area contributed by atoms with Gasteiger partial charge in [0.1, 0.15) is 5.60 Å². The van der Waals surface area contributed by atoms with Crippen LogP contribution < -0.4 is 0 Å². The molecule has 1 aromatic heterocycles. The van der Waals surface area contributed by atoms with Gasteiger partial charge in [0.15, 0.2) is 0 Å². The van der Waals surface area contributed by atoms with Crippen LogP contribution in [0.1, 0.15) is 26.3 Å². The second kappa shape index (κ2) is 5.17. The summed E-state index contributed by atoms with van der Waals surface area (Å²) < 4.78 is 7.73. The van der Waals surface area contributed by atoms with E-state index < -0.39 is 11.7 Å². The molecule has 1 aromatic carbocycles. The molecule has 0 radical (unpaired) electrons. The van der Waals surface area contributed by atoms with Crippen molar-refractivity contribution in [3.05, 3.63) is 34.4 Å². The van der Waals surface area contributed by atoms with Gasteiger partial charge in [-0.3, -0.25) is 4.57 Å². The second-order valence-corrected chi connectivity index (χ2v) is 6.39. The summed E-state index contributed by atoms with van der Waals surface area (Å²) >= 11 is 9.40. The number of carbonyl (C=O) groups excluding carboxylic acids is 1. The summed E-state index contributed by atoms with van der Waals surface area (Å²) in [6.07, 6.45) is 1.32. The number of nitrogens with zero attached hydrogens (tertiary/aromatic N) is 1. The van der Waals surface area contributed by atoms with Crippen LogP contribution in [0.5, 0.6) is 0 Å². The molecule has 5 heteroatoms. The molecule has 19 heavy (non-hydrogen) atoms. The van der Waals surface area contributed by atoms with E-state index >= 15 is 0 Å². The molecular formula is C14H15BrClNO2. The lowest BCUT2D eigenvalue weighted by Gasteiger charge is -2.19. The van der Waals surface area contributed by atoms with E-state index in [1.807, 2.05) is 39.0 Å². The molecule has 0 saturated heterocycles. The highest BCUT2D eigenvalue weighted by atomic mass is 79.9. The lowest BCUT2D eigenvalue weighted by atomic mass is 10.1. The zero-order valence-corrected chi connectivity index (χ0v) is 13.4. The number of rotatable bonds is 1. The van der Waals surface area contributed by atoms with Gasteiger partial charge >= 0.3 is 6.09 Å². The Morgan fingerprint density at radius 2 is 2.11 bits per heavy atom. The number of aromatic nitrogens is 1. The number of halogens is 2. The quantitative estimate of drug-likeness (QED) is 0.687. The average molecular weight is 345 g/mol. The van der Waals surface area contributed by atoms with Crippen LogP contribution in [-0.4, -0.2) is 16.3 Å². The molecule has 0 amide bonds. The number of alkyl halides is 1. The number of fused-ring (bicyclic) bond motifs is 1. The Hall–Kier alpha value is -1.00. The van der Waals surface area contributed by atoms with Crippen LogP contribution in [-0.2, 0) is 10.6 Å². The second-order valence-electron chi connectivity index (χ2n) is 5.27. The van der Waals surface area contributed by atoms with Gasteiger partial charge in [0, 0.05) is 21.9 Å². The maximum Gasteiger partial charge on any atom is 0.419 e. The number of hydrogen-bond acceptors (Lipinski definition) is 2. The van der Waals surface area contributed by atoms with Crippen molar-refractivity contribution in [3.8, 4) is 0 Å². The third-order valence-electron chi connectivity index (χ3n) is 2.60. The minimum absolute atomic E-state index is 0.394. The van der Waals surface area contributed by atoms with Crippen LogP contribution in [0.15, 0.2) is 28.9 Å². The van der Waals surface area contributed by atoms with Gasteiger partial charge in [-0.05, 0) is 48.3 Å². The summed E-state index contributed by atoms with van der Waals surface area (Å²) in [7, 11) is 0. The summed E-state index contributed by atoms with van der Waals surface area (Å²) in [6, 6.07) is 5.70. The number of benzene rings is 1. The van der Waals surface area contributed by atoms with Crippen LogP contribution in [0.2, 0.25) is 0 Å². The lowest BCUT2D eigenvalue weighted by Crippen LogP contribution is -2.26. The van der Waals surface area contributed by atoms with Gasteiger partial charge in [0.2, 0.25) is 0 Å². The summed E-state index contributed by atoms with van der Waals surface area (Å²) in [5.41, 5.74) is 1.25. The maximum atomic E-state index is 12.2. The third kappa shape index (κ3) is 2.95. The Balaban J connectivity index is 2.54. The smallest absolute Gasteiger partial charge is 0.419 e. The topological polar surface area (TPSA) is 31.2 Å². The molecule has 0 aliphatic carbocycles. The Bertz CT molecular complexity index is 628. The minimum atomic E-state index is -0.524. The summed E-state index contributed by atoms with van der Waals surface area (Å²) in [4.78, 5) is 12.2. The van der Waals surface area contributed by atoms with E-state index in [0.29, 0.717) is 5.88 Å². The van der Waals surface area contributed by atoms with E-state index in [9.17, 15) is 4.79 Å². The van der Waals surface area contributed by atoms with Gasteiger partial charge < -0.3 is 4.74 Å². The Morgan fingerprint density at radius 1 is 1.42 bits per heavy atom. The third-order valence-corrected chi connectivity index (χ3v) is 3.49. The highest BCUT2D eigenvalue weighted by molar-refractivity contribution is 9.10. The van der Waals surface area contributed by atoms with Crippen molar-refractivity contribution in [3.63, 3.8) is 0 Å². The first kappa shape index (κ1) is 14.4. The summed E-state index contributed by atoms with van der Waals surface area (Å²) in [5, 5.41) is 0.948. The zero-order chi connectivity index (χ0) is 14.2. The van der Waals surface area contributed by atoms with Crippen LogP contribution in [0.4, 0.5) is 4.79 Å². The highest BCUT2D eigenvalue weighted by Crippen LogP contribution is 2.30.